The fraction of sp³-hybridized carbons (Fsp3) is 0.300. The molecule has 0 atom stereocenters. The Hall–Kier alpha value is -1.40. The van der Waals surface area contributed by atoms with Crippen LogP contribution in [0.5, 0.6) is 5.75 Å². The van der Waals surface area contributed by atoms with E-state index in [1.54, 1.807) is 0 Å². The molecule has 1 aromatic rings. The second-order valence-corrected chi connectivity index (χ2v) is 4.96. The van der Waals surface area contributed by atoms with Gasteiger partial charge in [-0.25, -0.2) is 13.6 Å². The summed E-state index contributed by atoms with van der Waals surface area (Å²) in [4.78, 5) is 11.0. The normalized spacial score (nSPS) is 11.2. The first-order valence-corrected chi connectivity index (χ1v) is 6.08. The highest BCUT2D eigenvalue weighted by molar-refractivity contribution is 7.89. The number of rotatable bonds is 4. The molecule has 0 amide bonds. The third kappa shape index (κ3) is 3.04. The molecule has 2 N–H and O–H groups in total. The van der Waals surface area contributed by atoms with Crippen LogP contribution in [0.3, 0.4) is 0 Å². The maximum Gasteiger partial charge on any atom is 0.238 e. The van der Waals surface area contributed by atoms with Gasteiger partial charge < -0.3 is 4.74 Å². The van der Waals surface area contributed by atoms with Gasteiger partial charge in [-0.3, -0.25) is 4.79 Å². The predicted molar refractivity (Wildman–Crippen MR) is 58.8 cm³/mol. The van der Waals surface area contributed by atoms with Gasteiger partial charge >= 0.3 is 0 Å². The molecule has 0 aliphatic rings. The molecule has 0 aliphatic heterocycles. The Kier molecular flexibility index (Phi) is 3.66. The molecule has 0 bridgehead atoms. The molecule has 88 valence electrons. The number of hydrogen-bond donors (Lipinski definition) is 1. The van der Waals surface area contributed by atoms with Crippen LogP contribution in [-0.2, 0) is 21.2 Å². The van der Waals surface area contributed by atoms with Crippen LogP contribution in [0.25, 0.3) is 0 Å². The van der Waals surface area contributed by atoms with E-state index in [2.05, 4.69) is 0 Å². The zero-order valence-corrected chi connectivity index (χ0v) is 9.87. The van der Waals surface area contributed by atoms with Crippen LogP contribution in [0.15, 0.2) is 23.1 Å². The minimum atomic E-state index is -3.75. The van der Waals surface area contributed by atoms with E-state index in [0.717, 1.165) is 0 Å². The highest BCUT2D eigenvalue weighted by Crippen LogP contribution is 2.22. The highest BCUT2D eigenvalue weighted by atomic mass is 32.2. The summed E-state index contributed by atoms with van der Waals surface area (Å²) < 4.78 is 27.3. The first-order chi connectivity index (χ1) is 7.34. The largest absolute Gasteiger partial charge is 0.496 e. The quantitative estimate of drug-likeness (QED) is 0.833. The lowest BCUT2D eigenvalue weighted by Gasteiger charge is -2.08. The Morgan fingerprint density at radius 2 is 2.06 bits per heavy atom. The number of ketones is 1. The number of nitrogens with two attached hydrogens (primary N) is 1. The van der Waals surface area contributed by atoms with Gasteiger partial charge in [0.2, 0.25) is 10.0 Å². The van der Waals surface area contributed by atoms with E-state index < -0.39 is 10.0 Å². The van der Waals surface area contributed by atoms with Crippen molar-refractivity contribution in [1.82, 2.24) is 0 Å². The van der Waals surface area contributed by atoms with Crippen molar-refractivity contribution in [1.29, 1.82) is 0 Å². The first-order valence-electron chi connectivity index (χ1n) is 4.53. The lowest BCUT2D eigenvalue weighted by Crippen LogP contribution is -2.13. The molecule has 0 spiro atoms. The van der Waals surface area contributed by atoms with Crippen molar-refractivity contribution in [3.05, 3.63) is 23.8 Å². The van der Waals surface area contributed by atoms with E-state index in [1.807, 2.05) is 0 Å². The smallest absolute Gasteiger partial charge is 0.238 e. The van der Waals surface area contributed by atoms with E-state index in [-0.39, 0.29) is 17.1 Å². The number of sulfonamides is 1. The standard InChI is InChI=1S/C10H13NO4S/c1-7(12)5-8-6-9(16(11,13)14)3-4-10(8)15-2/h3-4,6H,5H2,1-2H3,(H2,11,13,14). The molecule has 6 heteroatoms. The molecule has 0 heterocycles. The molecule has 0 fully saturated rings. The SMILES string of the molecule is COc1ccc(S(N)(=O)=O)cc1CC(C)=O. The van der Waals surface area contributed by atoms with Crippen molar-refractivity contribution in [3.8, 4) is 5.75 Å². The van der Waals surface area contributed by atoms with Crippen molar-refractivity contribution < 1.29 is 17.9 Å². The average molecular weight is 243 g/mol. The highest BCUT2D eigenvalue weighted by Gasteiger charge is 2.12. The minimum absolute atomic E-state index is 0.0236. The van der Waals surface area contributed by atoms with Crippen LogP contribution in [0.1, 0.15) is 12.5 Å². The average Bonchev–Trinajstić information content (AvgIpc) is 2.15. The van der Waals surface area contributed by atoms with E-state index >= 15 is 0 Å². The predicted octanol–water partition coefficient (Wildman–Crippen LogP) is 0.474. The Balaban J connectivity index is 3.27. The Morgan fingerprint density at radius 3 is 2.50 bits per heavy atom. The van der Waals surface area contributed by atoms with E-state index in [9.17, 15) is 13.2 Å². The molecular weight excluding hydrogens is 230 g/mol. The fourth-order valence-corrected chi connectivity index (χ4v) is 1.90. The minimum Gasteiger partial charge on any atom is -0.496 e. The van der Waals surface area contributed by atoms with Gasteiger partial charge in [-0.2, -0.15) is 0 Å². The lowest BCUT2D eigenvalue weighted by molar-refractivity contribution is -0.116. The summed E-state index contributed by atoms with van der Waals surface area (Å²) in [5.74, 6) is 0.396. The number of hydrogen-bond acceptors (Lipinski definition) is 4. The van der Waals surface area contributed by atoms with Crippen LogP contribution in [0.4, 0.5) is 0 Å². The summed E-state index contributed by atoms with van der Waals surface area (Å²) in [5, 5.41) is 4.99. The zero-order valence-electron chi connectivity index (χ0n) is 9.06. The zero-order chi connectivity index (χ0) is 12.3. The second kappa shape index (κ2) is 4.63. The number of carbonyl (C=O) groups is 1. The molecule has 5 nitrogen and oxygen atoms in total. The van der Waals surface area contributed by atoms with Gasteiger partial charge in [0.05, 0.1) is 12.0 Å². The number of methoxy groups -OCH3 is 1. The maximum absolute atomic E-state index is 11.1. The Morgan fingerprint density at radius 1 is 1.44 bits per heavy atom. The molecular formula is C10H13NO4S. The van der Waals surface area contributed by atoms with Crippen LogP contribution in [-0.4, -0.2) is 21.3 Å². The molecule has 0 saturated carbocycles. The summed E-state index contributed by atoms with van der Waals surface area (Å²) in [5.41, 5.74) is 0.515. The summed E-state index contributed by atoms with van der Waals surface area (Å²) >= 11 is 0. The molecule has 0 saturated heterocycles. The lowest BCUT2D eigenvalue weighted by atomic mass is 10.1. The Labute approximate surface area is 94.3 Å². The van der Waals surface area contributed by atoms with E-state index in [4.69, 9.17) is 9.88 Å². The second-order valence-electron chi connectivity index (χ2n) is 3.40. The van der Waals surface area contributed by atoms with Gasteiger partial charge in [-0.05, 0) is 25.1 Å². The number of primary sulfonamides is 1. The molecule has 0 unspecified atom stereocenters. The summed E-state index contributed by atoms with van der Waals surface area (Å²) in [7, 11) is -2.30. The van der Waals surface area contributed by atoms with E-state index in [1.165, 1.54) is 32.2 Å². The third-order valence-corrected chi connectivity index (χ3v) is 2.93. The molecule has 0 radical (unpaired) electrons. The topological polar surface area (TPSA) is 86.5 Å². The fourth-order valence-electron chi connectivity index (χ4n) is 1.34. The monoisotopic (exact) mass is 243 g/mol. The first kappa shape index (κ1) is 12.7. The van der Waals surface area contributed by atoms with Gasteiger partial charge in [-0.15, -0.1) is 0 Å². The Bertz CT molecular complexity index is 508. The van der Waals surface area contributed by atoms with Crippen LogP contribution >= 0.6 is 0 Å². The maximum atomic E-state index is 11.1. The molecule has 0 aliphatic carbocycles. The van der Waals surface area contributed by atoms with Crippen LogP contribution in [0, 0.1) is 0 Å². The van der Waals surface area contributed by atoms with Crippen molar-refractivity contribution in [3.63, 3.8) is 0 Å². The number of carbonyl (C=O) groups excluding carboxylic acids is 1. The summed E-state index contributed by atoms with van der Waals surface area (Å²) in [6.07, 6.45) is 0.118. The van der Waals surface area contributed by atoms with Gasteiger partial charge in [0, 0.05) is 12.0 Å². The summed E-state index contributed by atoms with van der Waals surface area (Å²) in [6, 6.07) is 4.19. The van der Waals surface area contributed by atoms with Gasteiger partial charge in [0.25, 0.3) is 0 Å². The van der Waals surface area contributed by atoms with E-state index in [0.29, 0.717) is 11.3 Å². The molecule has 1 aromatic carbocycles. The number of benzene rings is 1. The molecule has 1 rings (SSSR count). The third-order valence-electron chi connectivity index (χ3n) is 2.02. The number of ether oxygens (including phenoxy) is 1. The van der Waals surface area contributed by atoms with Crippen LogP contribution in [0.2, 0.25) is 0 Å². The van der Waals surface area contributed by atoms with Crippen molar-refractivity contribution in [2.24, 2.45) is 5.14 Å². The molecule has 16 heavy (non-hydrogen) atoms. The van der Waals surface area contributed by atoms with Crippen molar-refractivity contribution in [2.45, 2.75) is 18.2 Å². The van der Waals surface area contributed by atoms with Gasteiger partial charge in [0.15, 0.2) is 0 Å². The van der Waals surface area contributed by atoms with Gasteiger partial charge in [-0.1, -0.05) is 0 Å². The molecule has 0 aromatic heterocycles. The number of Topliss-reactive ketones (excluding diaryl/α,β-unsaturated/α-hetero) is 1. The van der Waals surface area contributed by atoms with Crippen molar-refractivity contribution in [2.75, 3.05) is 7.11 Å². The van der Waals surface area contributed by atoms with Crippen molar-refractivity contribution >= 4 is 15.8 Å². The van der Waals surface area contributed by atoms with Crippen LogP contribution < -0.4 is 9.88 Å². The van der Waals surface area contributed by atoms with Gasteiger partial charge in [0.1, 0.15) is 11.5 Å². The summed E-state index contributed by atoms with van der Waals surface area (Å²) in [6.45, 7) is 1.42.